The highest BCUT2D eigenvalue weighted by atomic mass is 16.7. The van der Waals surface area contributed by atoms with Crippen LogP contribution in [0, 0.1) is 28.6 Å². The van der Waals surface area contributed by atoms with Crippen LogP contribution in [0.4, 0.5) is 0 Å². The zero-order chi connectivity index (χ0) is 36.3. The predicted octanol–water partition coefficient (Wildman–Crippen LogP) is 9.35. The van der Waals surface area contributed by atoms with Crippen LogP contribution in [-0.4, -0.2) is 57.6 Å². The minimum Gasteiger partial charge on any atom is -0.389 e. The molecular formula is C45H63NO5. The van der Waals surface area contributed by atoms with Crippen molar-refractivity contribution in [3.05, 3.63) is 51.7 Å². The van der Waals surface area contributed by atoms with Gasteiger partial charge in [0.05, 0.1) is 35.1 Å². The van der Waals surface area contributed by atoms with Crippen molar-refractivity contribution in [2.24, 2.45) is 28.6 Å². The zero-order valence-corrected chi connectivity index (χ0v) is 33.2. The molecule has 1 aromatic heterocycles. The molecule has 6 heteroatoms. The average molecular weight is 698 g/mol. The fourth-order valence-electron chi connectivity index (χ4n) is 13.6. The fourth-order valence-corrected chi connectivity index (χ4v) is 13.6. The van der Waals surface area contributed by atoms with Gasteiger partial charge in [0.25, 0.3) is 0 Å². The lowest BCUT2D eigenvalue weighted by molar-refractivity contribution is -0.361. The van der Waals surface area contributed by atoms with Crippen LogP contribution in [0.1, 0.15) is 137 Å². The van der Waals surface area contributed by atoms with E-state index < -0.39 is 11.2 Å². The third-order valence-corrected chi connectivity index (χ3v) is 16.4. The van der Waals surface area contributed by atoms with Gasteiger partial charge in [0.1, 0.15) is 6.10 Å². The van der Waals surface area contributed by atoms with E-state index in [1.54, 1.807) is 0 Å². The monoisotopic (exact) mass is 697 g/mol. The quantitative estimate of drug-likeness (QED) is 0.291. The van der Waals surface area contributed by atoms with Crippen LogP contribution in [0.15, 0.2) is 29.4 Å². The lowest BCUT2D eigenvalue weighted by Crippen LogP contribution is -2.74. The predicted molar refractivity (Wildman–Crippen MR) is 203 cm³/mol. The van der Waals surface area contributed by atoms with Gasteiger partial charge >= 0.3 is 0 Å². The standard InChI is InChI=1S/C43H57NO5.C2H6/c1-22(2)16-33-47-35-30-21-42(30)32(46-37(35)39(6,7)49-33)13-14-40(8)41(9)26(12-15-43(40,42)45)19-29-34-28-20-27-18-25(23(3)48-38(27,4)5)17-24(28)10-11-31(34)44-36(29)41;1-2/h10-11,16-17,23,26-27,30,32-33,35,37,44-45H,12-15,18-21H2,1-9H3;1-2H3/t23?,26?,27?,30-,32?,33+,35+,37?,40-,41-,42+,43+;/m1./s1. The van der Waals surface area contributed by atoms with Crippen molar-refractivity contribution in [2.75, 3.05) is 0 Å². The largest absolute Gasteiger partial charge is 0.389 e. The first-order chi connectivity index (χ1) is 24.0. The number of rotatable bonds is 1. The number of ether oxygens (including phenoxy) is 4. The van der Waals surface area contributed by atoms with Gasteiger partial charge in [-0.15, -0.1) is 0 Å². The molecule has 2 bridgehead atoms. The molecule has 1 aromatic carbocycles. The number of allylic oxidation sites excluding steroid dienone is 1. The first-order valence-electron chi connectivity index (χ1n) is 20.5. The van der Waals surface area contributed by atoms with E-state index in [9.17, 15) is 5.11 Å². The third-order valence-electron chi connectivity index (χ3n) is 16.4. The second kappa shape index (κ2) is 10.8. The van der Waals surface area contributed by atoms with Crippen LogP contribution in [0.2, 0.25) is 0 Å². The van der Waals surface area contributed by atoms with E-state index in [-0.39, 0.29) is 58.5 Å². The van der Waals surface area contributed by atoms with Crippen LogP contribution >= 0.6 is 0 Å². The van der Waals surface area contributed by atoms with E-state index in [1.165, 1.54) is 44.4 Å². The van der Waals surface area contributed by atoms with E-state index >= 15 is 0 Å². The number of nitrogens with one attached hydrogen (secondary N) is 1. The maximum absolute atomic E-state index is 13.6. The van der Waals surface area contributed by atoms with Crippen molar-refractivity contribution in [2.45, 2.75) is 180 Å². The summed E-state index contributed by atoms with van der Waals surface area (Å²) in [5.74, 6) is 1.24. The summed E-state index contributed by atoms with van der Waals surface area (Å²) in [6.07, 6.45) is 12.2. The number of benzene rings is 1. The fraction of sp³-hybridized carbons (Fsp3) is 0.733. The summed E-state index contributed by atoms with van der Waals surface area (Å²) in [6, 6.07) is 4.68. The molecule has 3 aliphatic heterocycles. The lowest BCUT2D eigenvalue weighted by Gasteiger charge is -2.68. The summed E-state index contributed by atoms with van der Waals surface area (Å²) in [7, 11) is 0. The molecule has 0 amide bonds. The molecule has 12 atom stereocenters. The summed E-state index contributed by atoms with van der Waals surface area (Å²) < 4.78 is 26.9. The summed E-state index contributed by atoms with van der Waals surface area (Å²) in [5.41, 5.74) is 7.51. The number of fused-ring (bicyclic) bond motifs is 13. The number of aliphatic hydroxyl groups is 1. The normalized spacial score (nSPS) is 46.2. The van der Waals surface area contributed by atoms with Crippen molar-refractivity contribution in [3.8, 4) is 0 Å². The van der Waals surface area contributed by atoms with Gasteiger partial charge < -0.3 is 29.0 Å². The Labute approximate surface area is 306 Å². The molecule has 3 saturated heterocycles. The van der Waals surface area contributed by atoms with Crippen LogP contribution in [0.3, 0.4) is 0 Å². The Morgan fingerprint density at radius 2 is 1.63 bits per heavy atom. The van der Waals surface area contributed by atoms with Gasteiger partial charge in [-0.2, -0.15) is 0 Å². The van der Waals surface area contributed by atoms with E-state index in [4.69, 9.17) is 18.9 Å². The Morgan fingerprint density at radius 1 is 0.882 bits per heavy atom. The summed E-state index contributed by atoms with van der Waals surface area (Å²) in [4.78, 5) is 4.09. The molecule has 6 fully saturated rings. The second-order valence-electron chi connectivity index (χ2n) is 19.4. The van der Waals surface area contributed by atoms with Crippen molar-refractivity contribution < 1.29 is 24.1 Å². The highest BCUT2D eigenvalue weighted by Crippen LogP contribution is 2.81. The molecule has 6 nitrogen and oxygen atoms in total. The van der Waals surface area contributed by atoms with Gasteiger partial charge in [-0.25, -0.2) is 0 Å². The number of hydrogen-bond donors (Lipinski definition) is 2. The average Bonchev–Trinajstić information content (AvgIpc) is 3.69. The Kier molecular flexibility index (Phi) is 7.39. The number of aromatic amines is 1. The van der Waals surface area contributed by atoms with E-state index in [0.29, 0.717) is 11.8 Å². The second-order valence-corrected chi connectivity index (χ2v) is 19.4. The van der Waals surface area contributed by atoms with Crippen LogP contribution in [0.25, 0.3) is 17.0 Å². The Hall–Kier alpha value is -1.96. The van der Waals surface area contributed by atoms with Gasteiger partial charge in [-0.1, -0.05) is 45.4 Å². The molecule has 4 heterocycles. The summed E-state index contributed by atoms with van der Waals surface area (Å²) in [6.45, 7) is 24.3. The molecule has 2 aromatic rings. The Bertz CT molecular complexity index is 1850. The molecule has 1 spiro atoms. The maximum Gasteiger partial charge on any atom is 0.178 e. The van der Waals surface area contributed by atoms with Crippen LogP contribution < -0.4 is 0 Å². The highest BCUT2D eigenvalue weighted by molar-refractivity contribution is 5.92. The molecule has 51 heavy (non-hydrogen) atoms. The SMILES string of the molecule is CC.CC(C)=C[C@H]1O[C@@H]2C(OC3CC[C@@]4(C)[C@@](O)(CCC5Cc6c([nH]c7ccc8c(c67)CC6CC(=C8)C(C)OC6(C)C)[C@@]54C)[C@]34C[C@H]24)C(C)(C)O1. The molecule has 8 aliphatic rings. The number of H-pyrrole nitrogens is 1. The first-order valence-corrected chi connectivity index (χ1v) is 20.5. The minimum atomic E-state index is -0.837. The van der Waals surface area contributed by atoms with Crippen molar-refractivity contribution in [1.29, 1.82) is 0 Å². The van der Waals surface area contributed by atoms with Crippen molar-refractivity contribution >= 4 is 17.0 Å². The van der Waals surface area contributed by atoms with Crippen LogP contribution in [0.5, 0.6) is 0 Å². The van der Waals surface area contributed by atoms with E-state index in [0.717, 1.165) is 51.4 Å². The Morgan fingerprint density at radius 3 is 2.37 bits per heavy atom. The van der Waals surface area contributed by atoms with Gasteiger partial charge in [0.15, 0.2) is 6.29 Å². The van der Waals surface area contributed by atoms with Crippen molar-refractivity contribution in [1.82, 2.24) is 4.98 Å². The van der Waals surface area contributed by atoms with E-state index in [2.05, 4.69) is 91.6 Å². The molecule has 5 aliphatic carbocycles. The first kappa shape index (κ1) is 34.8. The summed E-state index contributed by atoms with van der Waals surface area (Å²) >= 11 is 0. The molecule has 3 saturated carbocycles. The smallest absolute Gasteiger partial charge is 0.178 e. The summed E-state index contributed by atoms with van der Waals surface area (Å²) in [5, 5.41) is 15.1. The minimum absolute atomic E-state index is 0.0307. The topological polar surface area (TPSA) is 72.9 Å². The van der Waals surface area contributed by atoms with Crippen LogP contribution in [-0.2, 0) is 37.2 Å². The zero-order valence-electron chi connectivity index (χ0n) is 33.2. The van der Waals surface area contributed by atoms with Gasteiger partial charge in [0.2, 0.25) is 0 Å². The molecule has 10 rings (SSSR count). The van der Waals surface area contributed by atoms with E-state index in [1.807, 2.05) is 13.8 Å². The van der Waals surface area contributed by atoms with Gasteiger partial charge in [-0.05, 0) is 152 Å². The molecule has 278 valence electrons. The highest BCUT2D eigenvalue weighted by Gasteiger charge is 2.85. The lowest BCUT2D eigenvalue weighted by atomic mass is 9.40. The molecule has 0 radical (unpaired) electrons. The number of aromatic nitrogens is 1. The maximum atomic E-state index is 13.6. The van der Waals surface area contributed by atoms with Gasteiger partial charge in [-0.3, -0.25) is 0 Å². The molecular weight excluding hydrogens is 634 g/mol. The van der Waals surface area contributed by atoms with Gasteiger partial charge in [0, 0.05) is 32.8 Å². The number of hydrogen-bond acceptors (Lipinski definition) is 5. The van der Waals surface area contributed by atoms with Crippen molar-refractivity contribution in [3.63, 3.8) is 0 Å². The Balaban J connectivity index is 0.00000171. The third kappa shape index (κ3) is 4.24. The molecule has 2 N–H and O–H groups in total. The molecule has 5 unspecified atom stereocenters.